The van der Waals surface area contributed by atoms with E-state index in [1.54, 1.807) is 0 Å². The average Bonchev–Trinajstić information content (AvgIpc) is 2.69. The van der Waals surface area contributed by atoms with Crippen molar-refractivity contribution in [2.45, 2.75) is 33.2 Å². The summed E-state index contributed by atoms with van der Waals surface area (Å²) in [4.78, 5) is 14.2. The van der Waals surface area contributed by atoms with Gasteiger partial charge < -0.3 is 11.1 Å². The van der Waals surface area contributed by atoms with Gasteiger partial charge in [0.15, 0.2) is 0 Å². The minimum atomic E-state index is 0.0455. The number of hydrogen-bond acceptors (Lipinski definition) is 3. The summed E-state index contributed by atoms with van der Waals surface area (Å²) in [5, 5.41) is 3.03. The van der Waals surface area contributed by atoms with Gasteiger partial charge in [-0.05, 0) is 38.3 Å². The lowest BCUT2D eigenvalue weighted by atomic mass is 10.1. The van der Waals surface area contributed by atoms with Crippen LogP contribution in [0.1, 0.15) is 23.1 Å². The number of hydrogen-bond donors (Lipinski definition) is 2. The fraction of sp³-hybridized carbons (Fsp3) is 0.533. The van der Waals surface area contributed by atoms with E-state index in [-0.39, 0.29) is 11.9 Å². The second kappa shape index (κ2) is 5.72. The van der Waals surface area contributed by atoms with Gasteiger partial charge in [-0.2, -0.15) is 0 Å². The number of nitrogens with zero attached hydrogens (tertiary/aromatic N) is 1. The van der Waals surface area contributed by atoms with E-state index in [0.29, 0.717) is 6.54 Å². The molecule has 1 aliphatic heterocycles. The minimum absolute atomic E-state index is 0.0455. The quantitative estimate of drug-likeness (QED) is 0.868. The molecule has 0 saturated carbocycles. The Hall–Kier alpha value is -1.39. The van der Waals surface area contributed by atoms with Crippen molar-refractivity contribution in [1.29, 1.82) is 0 Å². The van der Waals surface area contributed by atoms with Crippen LogP contribution in [0.15, 0.2) is 12.1 Å². The van der Waals surface area contributed by atoms with Gasteiger partial charge in [-0.1, -0.05) is 17.7 Å². The normalized spacial score (nSPS) is 19.7. The van der Waals surface area contributed by atoms with Crippen LogP contribution in [0.25, 0.3) is 0 Å². The average molecular weight is 261 g/mol. The van der Waals surface area contributed by atoms with Gasteiger partial charge in [0, 0.05) is 24.8 Å². The Morgan fingerprint density at radius 1 is 1.37 bits per heavy atom. The highest BCUT2D eigenvalue weighted by atomic mass is 16.2. The van der Waals surface area contributed by atoms with Crippen molar-refractivity contribution in [3.63, 3.8) is 0 Å². The van der Waals surface area contributed by atoms with Crippen molar-refractivity contribution in [3.05, 3.63) is 28.8 Å². The summed E-state index contributed by atoms with van der Waals surface area (Å²) in [6.07, 6.45) is 0.982. The summed E-state index contributed by atoms with van der Waals surface area (Å²) < 4.78 is 0. The molecule has 1 aliphatic rings. The fourth-order valence-corrected chi connectivity index (χ4v) is 2.77. The van der Waals surface area contributed by atoms with Gasteiger partial charge in [-0.25, -0.2) is 0 Å². The molecule has 4 heteroatoms. The van der Waals surface area contributed by atoms with Gasteiger partial charge in [0.05, 0.1) is 6.54 Å². The second-order valence-electron chi connectivity index (χ2n) is 5.61. The monoisotopic (exact) mass is 261 g/mol. The number of nitrogens with two attached hydrogens (primary N) is 1. The number of rotatable bonds is 3. The zero-order valence-corrected chi connectivity index (χ0v) is 12.0. The Morgan fingerprint density at radius 3 is 2.53 bits per heavy atom. The van der Waals surface area contributed by atoms with E-state index >= 15 is 0 Å². The molecular weight excluding hydrogens is 238 g/mol. The Kier molecular flexibility index (Phi) is 4.22. The highest BCUT2D eigenvalue weighted by Crippen LogP contribution is 2.22. The predicted octanol–water partition coefficient (Wildman–Crippen LogP) is 1.58. The maximum atomic E-state index is 12.1. The van der Waals surface area contributed by atoms with Crippen LogP contribution in [0.3, 0.4) is 0 Å². The molecule has 1 unspecified atom stereocenters. The first kappa shape index (κ1) is 14.0. The van der Waals surface area contributed by atoms with Crippen molar-refractivity contribution in [3.8, 4) is 0 Å². The highest BCUT2D eigenvalue weighted by molar-refractivity contribution is 5.93. The smallest absolute Gasteiger partial charge is 0.238 e. The molecule has 1 saturated heterocycles. The number of likely N-dealkylation sites (tertiary alicyclic amines) is 1. The summed E-state index contributed by atoms with van der Waals surface area (Å²) in [7, 11) is 0. The molecule has 2 rings (SSSR count). The molecule has 0 aromatic heterocycles. The summed E-state index contributed by atoms with van der Waals surface area (Å²) in [5.74, 6) is 0.0455. The lowest BCUT2D eigenvalue weighted by Crippen LogP contribution is -2.34. The fourth-order valence-electron chi connectivity index (χ4n) is 2.77. The van der Waals surface area contributed by atoms with Gasteiger partial charge in [-0.15, -0.1) is 0 Å². The number of carbonyl (C=O) groups excluding carboxylic acids is 1. The third-order valence-corrected chi connectivity index (χ3v) is 3.62. The van der Waals surface area contributed by atoms with Crippen LogP contribution >= 0.6 is 0 Å². The van der Waals surface area contributed by atoms with Gasteiger partial charge in [-0.3, -0.25) is 9.69 Å². The summed E-state index contributed by atoms with van der Waals surface area (Å²) in [5.41, 5.74) is 10.2. The first-order chi connectivity index (χ1) is 8.95. The van der Waals surface area contributed by atoms with Gasteiger partial charge >= 0.3 is 0 Å². The number of amides is 1. The highest BCUT2D eigenvalue weighted by Gasteiger charge is 2.21. The van der Waals surface area contributed by atoms with E-state index in [1.807, 2.05) is 13.8 Å². The number of anilines is 1. The molecule has 0 radical (unpaired) electrons. The van der Waals surface area contributed by atoms with E-state index < -0.39 is 0 Å². The summed E-state index contributed by atoms with van der Waals surface area (Å²) in [6.45, 7) is 8.29. The number of nitrogens with one attached hydrogen (secondary N) is 1. The maximum Gasteiger partial charge on any atom is 0.238 e. The van der Waals surface area contributed by atoms with Gasteiger partial charge in [0.25, 0.3) is 0 Å². The van der Waals surface area contributed by atoms with Gasteiger partial charge in [0.1, 0.15) is 0 Å². The van der Waals surface area contributed by atoms with Crippen molar-refractivity contribution >= 4 is 11.6 Å². The molecule has 1 heterocycles. The van der Waals surface area contributed by atoms with Crippen LogP contribution in [0.2, 0.25) is 0 Å². The Bertz CT molecular complexity index is 461. The van der Waals surface area contributed by atoms with E-state index in [0.717, 1.165) is 36.3 Å². The molecule has 1 atom stereocenters. The summed E-state index contributed by atoms with van der Waals surface area (Å²) >= 11 is 0. The standard InChI is InChI=1S/C15H23N3O/c1-10-6-11(2)15(12(3)7-10)17-14(19)9-18-5-4-13(16)8-18/h6-7,13H,4-5,8-9,16H2,1-3H3,(H,17,19). The maximum absolute atomic E-state index is 12.1. The van der Waals surface area contributed by atoms with Crippen LogP contribution in [0.5, 0.6) is 0 Å². The molecule has 0 bridgehead atoms. The first-order valence-corrected chi connectivity index (χ1v) is 6.81. The molecule has 19 heavy (non-hydrogen) atoms. The lowest BCUT2D eigenvalue weighted by Gasteiger charge is -2.17. The summed E-state index contributed by atoms with van der Waals surface area (Å²) in [6, 6.07) is 4.40. The van der Waals surface area contributed by atoms with Crippen LogP contribution in [-0.2, 0) is 4.79 Å². The molecule has 1 amide bonds. The SMILES string of the molecule is Cc1cc(C)c(NC(=O)CN2CCC(N)C2)c(C)c1. The second-order valence-corrected chi connectivity index (χ2v) is 5.61. The van der Waals surface area contributed by atoms with Crippen molar-refractivity contribution < 1.29 is 4.79 Å². The van der Waals surface area contributed by atoms with E-state index in [9.17, 15) is 4.79 Å². The molecule has 3 N–H and O–H groups in total. The van der Waals surface area contributed by atoms with Crippen LogP contribution in [0, 0.1) is 20.8 Å². The Morgan fingerprint density at radius 2 is 2.00 bits per heavy atom. The molecule has 0 spiro atoms. The topological polar surface area (TPSA) is 58.4 Å². The van der Waals surface area contributed by atoms with Gasteiger partial charge in [0.2, 0.25) is 5.91 Å². The van der Waals surface area contributed by atoms with Crippen molar-refractivity contribution in [1.82, 2.24) is 4.90 Å². The number of aryl methyl sites for hydroxylation is 3. The Labute approximate surface area is 115 Å². The van der Waals surface area contributed by atoms with E-state index in [1.165, 1.54) is 5.56 Å². The number of carbonyl (C=O) groups is 1. The zero-order valence-electron chi connectivity index (χ0n) is 12.0. The van der Waals surface area contributed by atoms with E-state index in [4.69, 9.17) is 5.73 Å². The minimum Gasteiger partial charge on any atom is -0.326 e. The molecular formula is C15H23N3O. The van der Waals surface area contributed by atoms with Crippen LogP contribution < -0.4 is 11.1 Å². The molecule has 104 valence electrons. The van der Waals surface area contributed by atoms with Crippen molar-refractivity contribution in [2.24, 2.45) is 5.73 Å². The molecule has 1 aromatic rings. The third-order valence-electron chi connectivity index (χ3n) is 3.62. The molecule has 1 fully saturated rings. The van der Waals surface area contributed by atoms with Crippen LogP contribution in [0.4, 0.5) is 5.69 Å². The Balaban J connectivity index is 1.99. The lowest BCUT2D eigenvalue weighted by molar-refractivity contribution is -0.117. The van der Waals surface area contributed by atoms with E-state index in [2.05, 4.69) is 29.3 Å². The van der Waals surface area contributed by atoms with Crippen LogP contribution in [-0.4, -0.2) is 36.5 Å². The zero-order chi connectivity index (χ0) is 14.0. The molecule has 1 aromatic carbocycles. The largest absolute Gasteiger partial charge is 0.326 e. The molecule has 0 aliphatic carbocycles. The number of benzene rings is 1. The molecule has 4 nitrogen and oxygen atoms in total. The van der Waals surface area contributed by atoms with Crippen molar-refractivity contribution in [2.75, 3.05) is 25.0 Å². The first-order valence-electron chi connectivity index (χ1n) is 6.81. The third kappa shape index (κ3) is 3.55. The predicted molar refractivity (Wildman–Crippen MR) is 78.3 cm³/mol.